The van der Waals surface area contributed by atoms with Crippen molar-refractivity contribution < 1.29 is 14.3 Å². The topological polar surface area (TPSA) is 90.6 Å². The predicted octanol–water partition coefficient (Wildman–Crippen LogP) is 2.14. The van der Waals surface area contributed by atoms with E-state index in [2.05, 4.69) is 14.9 Å². The lowest BCUT2D eigenvalue weighted by Crippen LogP contribution is -2.37. The van der Waals surface area contributed by atoms with Gasteiger partial charge in [-0.25, -0.2) is 4.98 Å². The molecule has 7 nitrogen and oxygen atoms in total. The number of aromatic nitrogens is 2. The van der Waals surface area contributed by atoms with E-state index >= 15 is 0 Å². The molecule has 3 rings (SSSR count). The summed E-state index contributed by atoms with van der Waals surface area (Å²) < 4.78 is 11.4. The fourth-order valence-corrected chi connectivity index (χ4v) is 3.16. The number of carbonyl (C=O) groups is 1. The fourth-order valence-electron chi connectivity index (χ4n) is 3.16. The zero-order chi connectivity index (χ0) is 18.5. The first-order valence-corrected chi connectivity index (χ1v) is 9.07. The molecule has 140 valence electrons. The summed E-state index contributed by atoms with van der Waals surface area (Å²) in [6.45, 7) is 7.02. The summed E-state index contributed by atoms with van der Waals surface area (Å²) in [5.74, 6) is -0.523. The van der Waals surface area contributed by atoms with Gasteiger partial charge in [-0.2, -0.15) is 0 Å². The van der Waals surface area contributed by atoms with Crippen molar-refractivity contribution in [1.82, 2.24) is 9.97 Å². The van der Waals surface area contributed by atoms with Crippen molar-refractivity contribution in [2.45, 2.75) is 38.9 Å². The lowest BCUT2D eigenvalue weighted by Gasteiger charge is -2.33. The molecule has 26 heavy (non-hydrogen) atoms. The minimum atomic E-state index is -0.523. The number of pyridine rings is 2. The first kappa shape index (κ1) is 18.5. The van der Waals surface area contributed by atoms with Gasteiger partial charge in [-0.15, -0.1) is 0 Å². The minimum Gasteiger partial charge on any atom is -0.376 e. The summed E-state index contributed by atoms with van der Waals surface area (Å²) >= 11 is 0. The van der Waals surface area contributed by atoms with Gasteiger partial charge in [0.05, 0.1) is 42.8 Å². The summed E-state index contributed by atoms with van der Waals surface area (Å²) in [5, 5.41) is 0.900. The van der Waals surface area contributed by atoms with Crippen LogP contribution in [-0.4, -0.2) is 54.4 Å². The van der Waals surface area contributed by atoms with E-state index < -0.39 is 5.91 Å². The number of anilines is 1. The van der Waals surface area contributed by atoms with Crippen molar-refractivity contribution in [2.75, 3.05) is 31.2 Å². The van der Waals surface area contributed by atoms with Gasteiger partial charge >= 0.3 is 0 Å². The molecule has 0 unspecified atom stereocenters. The molecule has 2 N–H and O–H groups in total. The predicted molar refractivity (Wildman–Crippen MR) is 100 cm³/mol. The van der Waals surface area contributed by atoms with Gasteiger partial charge < -0.3 is 20.1 Å². The number of rotatable bonds is 7. The molecular formula is C19H26N4O3. The van der Waals surface area contributed by atoms with Crippen molar-refractivity contribution in [3.05, 3.63) is 30.2 Å². The summed E-state index contributed by atoms with van der Waals surface area (Å²) in [5.41, 5.74) is 7.34. The van der Waals surface area contributed by atoms with E-state index in [1.165, 1.54) is 0 Å². The zero-order valence-electron chi connectivity index (χ0n) is 15.4. The van der Waals surface area contributed by atoms with Gasteiger partial charge in [0.25, 0.3) is 5.91 Å². The number of primary amides is 1. The molecule has 1 saturated heterocycles. The Morgan fingerprint density at radius 2 is 2.04 bits per heavy atom. The van der Waals surface area contributed by atoms with Crippen LogP contribution in [0.3, 0.4) is 0 Å². The Balaban J connectivity index is 1.64. The molecule has 0 saturated carbocycles. The van der Waals surface area contributed by atoms with Crippen LogP contribution in [0.25, 0.3) is 10.9 Å². The summed E-state index contributed by atoms with van der Waals surface area (Å²) in [6, 6.07) is 3.47. The largest absolute Gasteiger partial charge is 0.376 e. The fraction of sp³-hybridized carbons (Fsp3) is 0.526. The van der Waals surface area contributed by atoms with Crippen LogP contribution >= 0.6 is 0 Å². The second kappa shape index (κ2) is 8.42. The molecule has 2 aromatic heterocycles. The highest BCUT2D eigenvalue weighted by Crippen LogP contribution is 2.27. The maximum absolute atomic E-state index is 11.4. The van der Waals surface area contributed by atoms with Gasteiger partial charge in [0.15, 0.2) is 0 Å². The van der Waals surface area contributed by atoms with Gasteiger partial charge in [0, 0.05) is 24.7 Å². The lowest BCUT2D eigenvalue weighted by atomic mass is 10.1. The molecule has 3 heterocycles. The molecule has 0 radical (unpaired) electrons. The van der Waals surface area contributed by atoms with Crippen LogP contribution in [-0.2, 0) is 9.47 Å². The third-order valence-electron chi connectivity index (χ3n) is 4.50. The number of amides is 1. The van der Waals surface area contributed by atoms with E-state index in [-0.39, 0.29) is 17.9 Å². The van der Waals surface area contributed by atoms with Gasteiger partial charge in [-0.3, -0.25) is 9.78 Å². The highest BCUT2D eigenvalue weighted by Gasteiger charge is 2.22. The average molecular weight is 358 g/mol. The van der Waals surface area contributed by atoms with Crippen molar-refractivity contribution in [3.8, 4) is 0 Å². The number of piperidine rings is 1. The number of hydrogen-bond acceptors (Lipinski definition) is 6. The Bertz CT molecular complexity index is 758. The Labute approximate surface area is 153 Å². The highest BCUT2D eigenvalue weighted by molar-refractivity contribution is 5.96. The van der Waals surface area contributed by atoms with E-state index in [0.717, 1.165) is 42.5 Å². The average Bonchev–Trinajstić information content (AvgIpc) is 2.64. The van der Waals surface area contributed by atoms with Gasteiger partial charge in [0.2, 0.25) is 0 Å². The van der Waals surface area contributed by atoms with Crippen LogP contribution in [0.5, 0.6) is 0 Å². The second-order valence-electron chi connectivity index (χ2n) is 6.77. The molecule has 7 heteroatoms. The van der Waals surface area contributed by atoms with Crippen molar-refractivity contribution >= 4 is 22.5 Å². The van der Waals surface area contributed by atoms with E-state index in [0.29, 0.717) is 13.2 Å². The Morgan fingerprint density at radius 3 is 2.73 bits per heavy atom. The first-order chi connectivity index (χ1) is 12.5. The van der Waals surface area contributed by atoms with Crippen LogP contribution < -0.4 is 10.6 Å². The van der Waals surface area contributed by atoms with Crippen LogP contribution in [0.15, 0.2) is 24.5 Å². The van der Waals surface area contributed by atoms with Gasteiger partial charge in [-0.1, -0.05) is 0 Å². The summed E-state index contributed by atoms with van der Waals surface area (Å²) in [4.78, 5) is 22.4. The Kier molecular flexibility index (Phi) is 6.00. The first-order valence-electron chi connectivity index (χ1n) is 9.07. The molecule has 1 fully saturated rings. The number of carbonyl (C=O) groups excluding carboxylic acids is 1. The van der Waals surface area contributed by atoms with Crippen LogP contribution in [0.2, 0.25) is 0 Å². The van der Waals surface area contributed by atoms with E-state index in [1.807, 2.05) is 19.9 Å². The summed E-state index contributed by atoms with van der Waals surface area (Å²) in [7, 11) is 0. The van der Waals surface area contributed by atoms with Crippen molar-refractivity contribution in [3.63, 3.8) is 0 Å². The SMILES string of the molecule is CC(C)OCCOC1CCN(c2cncc3ccc(C(N)=O)nc23)CC1. The standard InChI is InChI=1S/C19H26N4O3/c1-13(2)25-9-10-26-15-5-7-23(8-6-15)17-12-21-11-14-3-4-16(19(20)24)22-18(14)17/h3-4,11-13,15H,5-10H2,1-2H3,(H2,20,24). The summed E-state index contributed by atoms with van der Waals surface area (Å²) in [6.07, 6.45) is 5.91. The third kappa shape index (κ3) is 4.47. The molecule has 1 amide bonds. The van der Waals surface area contributed by atoms with E-state index in [1.54, 1.807) is 18.5 Å². The molecule has 1 aliphatic rings. The molecule has 0 aromatic carbocycles. The normalized spacial score (nSPS) is 15.7. The smallest absolute Gasteiger partial charge is 0.267 e. The molecule has 0 bridgehead atoms. The molecule has 0 atom stereocenters. The molecule has 2 aromatic rings. The van der Waals surface area contributed by atoms with Gasteiger partial charge in [-0.05, 0) is 38.8 Å². The number of ether oxygens (including phenoxy) is 2. The number of hydrogen-bond donors (Lipinski definition) is 1. The maximum Gasteiger partial charge on any atom is 0.267 e. The molecule has 0 aliphatic carbocycles. The van der Waals surface area contributed by atoms with Crippen LogP contribution in [0.1, 0.15) is 37.2 Å². The van der Waals surface area contributed by atoms with Crippen LogP contribution in [0.4, 0.5) is 5.69 Å². The van der Waals surface area contributed by atoms with Crippen molar-refractivity contribution in [2.24, 2.45) is 5.73 Å². The molecule has 0 spiro atoms. The van der Waals surface area contributed by atoms with Crippen LogP contribution in [0, 0.1) is 0 Å². The van der Waals surface area contributed by atoms with Crippen molar-refractivity contribution in [1.29, 1.82) is 0 Å². The number of fused-ring (bicyclic) bond motifs is 1. The van der Waals surface area contributed by atoms with E-state index in [4.69, 9.17) is 15.2 Å². The molecule has 1 aliphatic heterocycles. The Morgan fingerprint density at radius 1 is 1.27 bits per heavy atom. The maximum atomic E-state index is 11.4. The monoisotopic (exact) mass is 358 g/mol. The highest BCUT2D eigenvalue weighted by atomic mass is 16.5. The Hall–Kier alpha value is -2.25. The minimum absolute atomic E-state index is 0.233. The number of nitrogens with two attached hydrogens (primary N) is 1. The quantitative estimate of drug-likeness (QED) is 0.763. The second-order valence-corrected chi connectivity index (χ2v) is 6.77. The zero-order valence-corrected chi connectivity index (χ0v) is 15.4. The number of nitrogens with zero attached hydrogens (tertiary/aromatic N) is 3. The third-order valence-corrected chi connectivity index (χ3v) is 4.50. The molecular weight excluding hydrogens is 332 g/mol. The lowest BCUT2D eigenvalue weighted by molar-refractivity contribution is -0.0197. The van der Waals surface area contributed by atoms with E-state index in [9.17, 15) is 4.79 Å². The van der Waals surface area contributed by atoms with Gasteiger partial charge in [0.1, 0.15) is 5.69 Å².